The number of rotatable bonds is 23. The van der Waals surface area contributed by atoms with Crippen LogP contribution in [-0.2, 0) is 58.4 Å². The van der Waals surface area contributed by atoms with E-state index in [0.717, 1.165) is 59.8 Å². The van der Waals surface area contributed by atoms with Crippen molar-refractivity contribution < 1.29 is 66.3 Å². The fourth-order valence-corrected chi connectivity index (χ4v) is 13.4. The molecule has 5 aromatic carbocycles. The number of para-hydroxylation sites is 1. The molecular weight excluding hydrogens is 1190 g/mol. The van der Waals surface area contributed by atoms with Gasteiger partial charge in [-0.3, -0.25) is 57.9 Å². The molecule has 4 atom stereocenters. The van der Waals surface area contributed by atoms with Crippen LogP contribution in [0.1, 0.15) is 152 Å². The predicted octanol–water partition coefficient (Wildman–Crippen LogP) is 7.06. The Kier molecular flexibility index (Phi) is 19.3. The number of hydrogen-bond acceptors (Lipinski definition) is 11. The number of halogens is 2. The maximum absolute atomic E-state index is 15.5. The number of alkyl halides is 2. The number of benzene rings is 5. The van der Waals surface area contributed by atoms with Gasteiger partial charge in [0.1, 0.15) is 24.2 Å². The van der Waals surface area contributed by atoms with Crippen molar-refractivity contribution in [2.24, 2.45) is 5.73 Å². The molecule has 9 N–H and O–H groups in total. The number of primary amides is 1. The number of unbranched alkanes of at least 4 members (excludes halogenated alkanes) is 6. The van der Waals surface area contributed by atoms with Gasteiger partial charge >= 0.3 is 13.3 Å². The molecule has 0 radical (unpaired) electrons. The quantitative estimate of drug-likeness (QED) is 0.0138. The number of hydrogen-bond donors (Lipinski definition) is 8. The number of thiophene rings is 1. The molecule has 1 fully saturated rings. The molecule has 0 saturated carbocycles. The topological polar surface area (TPSA) is 304 Å². The number of amides is 9. The Morgan fingerprint density at radius 1 is 0.798 bits per heavy atom. The van der Waals surface area contributed by atoms with E-state index in [1.807, 2.05) is 66.7 Å². The molecule has 462 valence electrons. The van der Waals surface area contributed by atoms with Gasteiger partial charge in [0, 0.05) is 60.2 Å². The summed E-state index contributed by atoms with van der Waals surface area (Å²) in [5.74, 6) is 0.914. The third-order valence-corrected chi connectivity index (χ3v) is 18.7. The highest BCUT2D eigenvalue weighted by molar-refractivity contribution is 7.52. The van der Waals surface area contributed by atoms with E-state index >= 15 is 8.78 Å². The standard InChI is InChI=1S/C65H65F2N8O12PS/c66-65(67,88(85,86)87)44-33-43-35-52(89-57(43)46(36-44)58(78)69-32-14-6-4-2-1-3-5-9-17-38-22-16-25-45-47(38)37-74(63(45)83)50-29-31-54(77)72-60(50)80)62(82)71-49-27-26-41-23-15-24-42-34-51(75(56(41)42)64(49)84)61(81)70-48(28-30-53(68)76)59(79)73-55(39-18-10-7-11-19-39)40-20-12-8-13-21-40/h7-8,10-13,15-16,18-25,33,35-36,48-51,55H,1-6,14,26-32,34,37H2,(H2,68,76)(H,69,78)(H,70,81)(H,71,82)(H,73,79)(H,72,77,80)(H2,85,86,87)/t48-,49-,50?,51-/m0/s1. The van der Waals surface area contributed by atoms with Crippen molar-refractivity contribution in [2.75, 3.05) is 11.4 Å². The fraction of sp³-hybridized carbons (Fsp3) is 0.338. The first-order chi connectivity index (χ1) is 42.7. The smallest absolute Gasteiger partial charge is 0.370 e. The van der Waals surface area contributed by atoms with E-state index in [2.05, 4.69) is 38.4 Å². The summed E-state index contributed by atoms with van der Waals surface area (Å²) in [7, 11) is -6.12. The predicted molar refractivity (Wildman–Crippen MR) is 326 cm³/mol. The van der Waals surface area contributed by atoms with Crippen molar-refractivity contribution in [3.63, 3.8) is 0 Å². The SMILES string of the molecule is NC(=O)CC[C@H](NC(=O)[C@@H]1Cc2cccc3c2N1C(=O)[C@@H](NC(=O)c1cc2cc(C(F)(F)P(=O)(O)O)cc(C(=O)NCCCCCCCCC#Cc4cccc5c4CN(C4CCC(=O)NC4=O)C5=O)c2s1)CC3)C(=O)NC(c1ccccc1)c1ccccc1. The third-order valence-electron chi connectivity index (χ3n) is 16.5. The number of carbonyl (C=O) groups is 9. The number of piperidine rings is 1. The molecule has 20 nitrogen and oxygen atoms in total. The highest BCUT2D eigenvalue weighted by Gasteiger charge is 2.51. The second-order valence-corrected chi connectivity index (χ2v) is 25.2. The van der Waals surface area contributed by atoms with Gasteiger partial charge in [-0.05, 0) is 102 Å². The van der Waals surface area contributed by atoms with Gasteiger partial charge in [0.15, 0.2) is 0 Å². The van der Waals surface area contributed by atoms with Crippen LogP contribution >= 0.6 is 18.9 Å². The van der Waals surface area contributed by atoms with Crippen LogP contribution in [0.4, 0.5) is 14.5 Å². The number of nitrogens with two attached hydrogens (primary N) is 1. The minimum absolute atomic E-state index is 0.0467. The third kappa shape index (κ3) is 14.0. The fourth-order valence-electron chi connectivity index (χ4n) is 11.9. The molecule has 9 amide bonds. The largest absolute Gasteiger partial charge is 0.399 e. The van der Waals surface area contributed by atoms with Crippen LogP contribution in [0.25, 0.3) is 10.1 Å². The summed E-state index contributed by atoms with van der Waals surface area (Å²) < 4.78 is 43.1. The minimum atomic E-state index is -6.12. The Labute approximate surface area is 514 Å². The van der Waals surface area contributed by atoms with Gasteiger partial charge in [-0.2, -0.15) is 8.78 Å². The second-order valence-electron chi connectivity index (χ2n) is 22.5. The average molecular weight is 1250 g/mol. The van der Waals surface area contributed by atoms with Crippen molar-refractivity contribution in [3.8, 4) is 11.8 Å². The molecule has 0 aliphatic carbocycles. The summed E-state index contributed by atoms with van der Waals surface area (Å²) in [6.45, 7) is 0.352. The van der Waals surface area contributed by atoms with Crippen molar-refractivity contribution in [1.29, 1.82) is 0 Å². The van der Waals surface area contributed by atoms with Crippen LogP contribution in [0, 0.1) is 11.8 Å². The van der Waals surface area contributed by atoms with Crippen molar-refractivity contribution in [1.82, 2.24) is 31.5 Å². The highest BCUT2D eigenvalue weighted by atomic mass is 32.1. The van der Waals surface area contributed by atoms with Crippen LogP contribution in [-0.4, -0.2) is 98.6 Å². The van der Waals surface area contributed by atoms with Crippen molar-refractivity contribution >= 4 is 87.9 Å². The lowest BCUT2D eigenvalue weighted by atomic mass is 9.98. The molecule has 1 unspecified atom stereocenters. The number of fused-ring (bicyclic) bond motifs is 2. The Morgan fingerprint density at radius 2 is 1.48 bits per heavy atom. The zero-order valence-electron chi connectivity index (χ0n) is 48.2. The number of aryl methyl sites for hydroxylation is 1. The van der Waals surface area contributed by atoms with E-state index in [-0.39, 0.29) is 90.4 Å². The number of imide groups is 1. The van der Waals surface area contributed by atoms with Gasteiger partial charge in [-0.15, -0.1) is 11.3 Å². The first-order valence-corrected chi connectivity index (χ1v) is 31.9. The van der Waals surface area contributed by atoms with E-state index < -0.39 is 90.4 Å². The van der Waals surface area contributed by atoms with Gasteiger partial charge in [-0.1, -0.05) is 122 Å². The first kappa shape index (κ1) is 63.1. The van der Waals surface area contributed by atoms with Crippen LogP contribution in [0.15, 0.2) is 115 Å². The molecule has 1 saturated heterocycles. The lowest BCUT2D eigenvalue weighted by Gasteiger charge is -2.29. The maximum Gasteiger partial charge on any atom is 0.399 e. The first-order valence-electron chi connectivity index (χ1n) is 29.5. The van der Waals surface area contributed by atoms with Gasteiger partial charge in [0.2, 0.25) is 35.4 Å². The lowest BCUT2D eigenvalue weighted by Crippen LogP contribution is -2.57. The van der Waals surface area contributed by atoms with E-state index in [0.29, 0.717) is 53.3 Å². The Hall–Kier alpha value is -8.94. The van der Waals surface area contributed by atoms with Crippen LogP contribution in [0.3, 0.4) is 0 Å². The average Bonchev–Trinajstić information content (AvgIpc) is 2.06. The molecule has 4 aliphatic heterocycles. The zero-order valence-corrected chi connectivity index (χ0v) is 49.9. The molecule has 10 rings (SSSR count). The van der Waals surface area contributed by atoms with E-state index in [1.165, 1.54) is 15.9 Å². The van der Waals surface area contributed by atoms with E-state index in [9.17, 15) is 57.5 Å². The number of anilines is 1. The normalized spacial score (nSPS) is 17.5. The molecule has 6 aromatic rings. The summed E-state index contributed by atoms with van der Waals surface area (Å²) in [6.07, 6.45) is 5.51. The van der Waals surface area contributed by atoms with E-state index in [4.69, 9.17) is 5.73 Å². The lowest BCUT2D eigenvalue weighted by molar-refractivity contribution is -0.137. The number of nitrogens with one attached hydrogen (secondary N) is 5. The van der Waals surface area contributed by atoms with Crippen LogP contribution < -0.4 is 37.2 Å². The van der Waals surface area contributed by atoms with Gasteiger partial charge in [0.25, 0.3) is 17.7 Å². The summed E-state index contributed by atoms with van der Waals surface area (Å²) >= 11 is 0.757. The minimum Gasteiger partial charge on any atom is -0.370 e. The summed E-state index contributed by atoms with van der Waals surface area (Å²) in [5.41, 5.74) is 4.63. The summed E-state index contributed by atoms with van der Waals surface area (Å²) in [4.78, 5) is 143. The van der Waals surface area contributed by atoms with Crippen LogP contribution in [0.2, 0.25) is 0 Å². The molecule has 4 aliphatic rings. The van der Waals surface area contributed by atoms with Crippen LogP contribution in [0.5, 0.6) is 0 Å². The van der Waals surface area contributed by atoms with E-state index in [1.54, 1.807) is 30.3 Å². The van der Waals surface area contributed by atoms with Gasteiger partial charge < -0.3 is 41.7 Å². The highest BCUT2D eigenvalue weighted by Crippen LogP contribution is 2.60. The maximum atomic E-state index is 15.5. The Morgan fingerprint density at radius 3 is 2.18 bits per heavy atom. The molecule has 89 heavy (non-hydrogen) atoms. The molecular formula is C65H65F2N8O12PS. The zero-order chi connectivity index (χ0) is 63.1. The Balaban J connectivity index is 0.768. The molecule has 24 heteroatoms. The van der Waals surface area contributed by atoms with Crippen molar-refractivity contribution in [2.45, 2.75) is 132 Å². The number of nitrogens with zero attached hydrogens (tertiary/aromatic N) is 2. The molecule has 1 aromatic heterocycles. The number of carbonyl (C=O) groups excluding carboxylic acids is 9. The summed E-state index contributed by atoms with van der Waals surface area (Å²) in [6, 6.07) is 26.6. The van der Waals surface area contributed by atoms with Gasteiger partial charge in [0.05, 0.1) is 22.2 Å². The van der Waals surface area contributed by atoms with Gasteiger partial charge in [-0.25, -0.2) is 0 Å². The molecule has 5 heterocycles. The molecule has 0 bridgehead atoms. The molecule has 0 spiro atoms. The monoisotopic (exact) mass is 1250 g/mol. The Bertz CT molecular complexity index is 3870. The summed E-state index contributed by atoms with van der Waals surface area (Å²) in [5, 5.41) is 13.5. The van der Waals surface area contributed by atoms with Crippen molar-refractivity contribution in [3.05, 3.63) is 170 Å². The second kappa shape index (κ2) is 27.2.